The molecule has 0 radical (unpaired) electrons. The number of anilines is 1. The predicted molar refractivity (Wildman–Crippen MR) is 63.8 cm³/mol. The summed E-state index contributed by atoms with van der Waals surface area (Å²) in [4.78, 5) is 14.7. The molecular formula is C12H18N2O2. The van der Waals surface area contributed by atoms with E-state index in [4.69, 9.17) is 5.11 Å². The number of hydrogen-bond donors (Lipinski definition) is 2. The Labute approximate surface area is 95.7 Å². The van der Waals surface area contributed by atoms with E-state index in [1.54, 1.807) is 12.1 Å². The number of carboxylic acid groups (broad SMARTS) is 1. The highest BCUT2D eigenvalue weighted by Gasteiger charge is 2.06. The molecule has 16 heavy (non-hydrogen) atoms. The maximum atomic E-state index is 10.7. The summed E-state index contributed by atoms with van der Waals surface area (Å²) in [5.74, 6) is 0.244. The van der Waals surface area contributed by atoms with Gasteiger partial charge in [0.05, 0.1) is 0 Å². The van der Waals surface area contributed by atoms with E-state index in [9.17, 15) is 4.79 Å². The topological polar surface area (TPSA) is 62.2 Å². The molecule has 0 aliphatic carbocycles. The van der Waals surface area contributed by atoms with Crippen molar-refractivity contribution in [2.45, 2.75) is 26.7 Å². The van der Waals surface area contributed by atoms with Crippen molar-refractivity contribution in [1.82, 2.24) is 4.98 Å². The number of nitrogens with zero attached hydrogens (tertiary/aromatic N) is 1. The van der Waals surface area contributed by atoms with Crippen LogP contribution in [0.3, 0.4) is 0 Å². The van der Waals surface area contributed by atoms with Crippen LogP contribution in [0.4, 0.5) is 5.82 Å². The second-order valence-corrected chi connectivity index (χ2v) is 3.78. The summed E-state index contributed by atoms with van der Waals surface area (Å²) >= 11 is 0. The van der Waals surface area contributed by atoms with E-state index in [0.717, 1.165) is 19.4 Å². The molecule has 0 amide bonds. The van der Waals surface area contributed by atoms with Gasteiger partial charge in [-0.25, -0.2) is 9.78 Å². The smallest absolute Gasteiger partial charge is 0.354 e. The highest BCUT2D eigenvalue weighted by Crippen LogP contribution is 2.10. The van der Waals surface area contributed by atoms with Gasteiger partial charge in [0.1, 0.15) is 5.82 Å². The first-order valence-electron chi connectivity index (χ1n) is 5.61. The third-order valence-corrected chi connectivity index (χ3v) is 2.69. The lowest BCUT2D eigenvalue weighted by atomic mass is 10.0. The molecule has 0 aromatic carbocycles. The molecule has 1 aromatic heterocycles. The molecule has 88 valence electrons. The zero-order valence-corrected chi connectivity index (χ0v) is 9.73. The van der Waals surface area contributed by atoms with Gasteiger partial charge < -0.3 is 10.4 Å². The fourth-order valence-corrected chi connectivity index (χ4v) is 1.48. The fourth-order valence-electron chi connectivity index (χ4n) is 1.48. The Balaban J connectivity index is 2.60. The number of aromatic nitrogens is 1. The minimum Gasteiger partial charge on any atom is -0.477 e. The van der Waals surface area contributed by atoms with Crippen LogP contribution in [0.25, 0.3) is 0 Å². The Kier molecular flexibility index (Phi) is 4.76. The van der Waals surface area contributed by atoms with E-state index in [1.807, 2.05) is 0 Å². The highest BCUT2D eigenvalue weighted by atomic mass is 16.4. The molecular weight excluding hydrogens is 204 g/mol. The van der Waals surface area contributed by atoms with Crippen LogP contribution in [0.5, 0.6) is 0 Å². The molecule has 1 heterocycles. The van der Waals surface area contributed by atoms with Crippen molar-refractivity contribution < 1.29 is 9.90 Å². The standard InChI is InChI=1S/C12H18N2O2/c1-3-9(4-2)8-13-11-7-5-6-10(14-11)12(15)16/h5-7,9H,3-4,8H2,1-2H3,(H,13,14)(H,15,16). The number of rotatable bonds is 6. The Hall–Kier alpha value is -1.58. The molecule has 1 aromatic rings. The lowest BCUT2D eigenvalue weighted by Gasteiger charge is -2.13. The van der Waals surface area contributed by atoms with Gasteiger partial charge in [0.2, 0.25) is 0 Å². The molecule has 0 bridgehead atoms. The third kappa shape index (κ3) is 3.53. The summed E-state index contributed by atoms with van der Waals surface area (Å²) in [7, 11) is 0. The van der Waals surface area contributed by atoms with Crippen LogP contribution in [-0.4, -0.2) is 22.6 Å². The Morgan fingerprint density at radius 3 is 2.69 bits per heavy atom. The zero-order chi connectivity index (χ0) is 12.0. The fraction of sp³-hybridized carbons (Fsp3) is 0.500. The minimum atomic E-state index is -0.994. The van der Waals surface area contributed by atoms with Crippen molar-refractivity contribution in [3.63, 3.8) is 0 Å². The van der Waals surface area contributed by atoms with Crippen molar-refractivity contribution in [3.8, 4) is 0 Å². The highest BCUT2D eigenvalue weighted by molar-refractivity contribution is 5.85. The van der Waals surface area contributed by atoms with Gasteiger partial charge in [0.15, 0.2) is 5.69 Å². The number of carboxylic acids is 1. The van der Waals surface area contributed by atoms with Gasteiger partial charge in [-0.1, -0.05) is 32.8 Å². The summed E-state index contributed by atoms with van der Waals surface area (Å²) in [5.41, 5.74) is 0.0783. The van der Waals surface area contributed by atoms with Gasteiger partial charge >= 0.3 is 5.97 Å². The van der Waals surface area contributed by atoms with Gasteiger partial charge in [-0.3, -0.25) is 0 Å². The predicted octanol–water partition coefficient (Wildman–Crippen LogP) is 2.63. The van der Waals surface area contributed by atoms with Gasteiger partial charge in [-0.2, -0.15) is 0 Å². The first-order chi connectivity index (χ1) is 7.67. The lowest BCUT2D eigenvalue weighted by Crippen LogP contribution is -2.14. The van der Waals surface area contributed by atoms with Crippen molar-refractivity contribution in [1.29, 1.82) is 0 Å². The van der Waals surface area contributed by atoms with E-state index < -0.39 is 5.97 Å². The normalized spacial score (nSPS) is 10.4. The number of carbonyl (C=O) groups is 1. The third-order valence-electron chi connectivity index (χ3n) is 2.69. The average molecular weight is 222 g/mol. The average Bonchev–Trinajstić information content (AvgIpc) is 2.31. The number of hydrogen-bond acceptors (Lipinski definition) is 3. The SMILES string of the molecule is CCC(CC)CNc1cccc(C(=O)O)n1. The summed E-state index contributed by atoms with van der Waals surface area (Å²) in [6, 6.07) is 4.98. The second kappa shape index (κ2) is 6.10. The van der Waals surface area contributed by atoms with Crippen LogP contribution in [0, 0.1) is 5.92 Å². The molecule has 4 heteroatoms. The quantitative estimate of drug-likeness (QED) is 0.776. The van der Waals surface area contributed by atoms with E-state index in [2.05, 4.69) is 24.1 Å². The summed E-state index contributed by atoms with van der Waals surface area (Å²) < 4.78 is 0. The van der Waals surface area contributed by atoms with Crippen molar-refractivity contribution in [2.75, 3.05) is 11.9 Å². The molecule has 0 saturated heterocycles. The molecule has 0 unspecified atom stereocenters. The largest absolute Gasteiger partial charge is 0.477 e. The Morgan fingerprint density at radius 1 is 1.44 bits per heavy atom. The second-order valence-electron chi connectivity index (χ2n) is 3.78. The van der Waals surface area contributed by atoms with E-state index in [1.165, 1.54) is 6.07 Å². The Bertz CT molecular complexity index is 349. The molecule has 0 aliphatic rings. The van der Waals surface area contributed by atoms with Gasteiger partial charge in [0, 0.05) is 6.54 Å². The number of pyridine rings is 1. The molecule has 0 fully saturated rings. The van der Waals surface area contributed by atoms with Gasteiger partial charge in [-0.05, 0) is 18.1 Å². The van der Waals surface area contributed by atoms with Crippen LogP contribution in [0.2, 0.25) is 0 Å². The minimum absolute atomic E-state index is 0.0783. The first kappa shape index (κ1) is 12.5. The van der Waals surface area contributed by atoms with Crippen molar-refractivity contribution in [2.24, 2.45) is 5.92 Å². The van der Waals surface area contributed by atoms with E-state index in [0.29, 0.717) is 11.7 Å². The summed E-state index contributed by atoms with van der Waals surface area (Å²) in [5, 5.41) is 12.0. The van der Waals surface area contributed by atoms with E-state index in [-0.39, 0.29) is 5.69 Å². The summed E-state index contributed by atoms with van der Waals surface area (Å²) in [6.45, 7) is 5.14. The monoisotopic (exact) mass is 222 g/mol. The number of aromatic carboxylic acids is 1. The van der Waals surface area contributed by atoms with Gasteiger partial charge in [0.25, 0.3) is 0 Å². The molecule has 0 spiro atoms. The van der Waals surface area contributed by atoms with E-state index >= 15 is 0 Å². The number of nitrogens with one attached hydrogen (secondary N) is 1. The van der Waals surface area contributed by atoms with Gasteiger partial charge in [-0.15, -0.1) is 0 Å². The molecule has 2 N–H and O–H groups in total. The van der Waals surface area contributed by atoms with Crippen LogP contribution < -0.4 is 5.32 Å². The molecule has 0 atom stereocenters. The zero-order valence-electron chi connectivity index (χ0n) is 9.73. The molecule has 4 nitrogen and oxygen atoms in total. The van der Waals surface area contributed by atoms with Crippen LogP contribution in [-0.2, 0) is 0 Å². The Morgan fingerprint density at radius 2 is 2.12 bits per heavy atom. The lowest BCUT2D eigenvalue weighted by molar-refractivity contribution is 0.0690. The molecule has 0 aliphatic heterocycles. The van der Waals surface area contributed by atoms with Crippen molar-refractivity contribution in [3.05, 3.63) is 23.9 Å². The van der Waals surface area contributed by atoms with Crippen LogP contribution in [0.1, 0.15) is 37.2 Å². The molecule has 0 saturated carbocycles. The van der Waals surface area contributed by atoms with Crippen molar-refractivity contribution >= 4 is 11.8 Å². The maximum Gasteiger partial charge on any atom is 0.354 e. The molecule has 1 rings (SSSR count). The summed E-state index contributed by atoms with van der Waals surface area (Å²) in [6.07, 6.45) is 2.23. The van der Waals surface area contributed by atoms with Crippen LogP contribution >= 0.6 is 0 Å². The van der Waals surface area contributed by atoms with Crippen LogP contribution in [0.15, 0.2) is 18.2 Å². The first-order valence-corrected chi connectivity index (χ1v) is 5.61. The maximum absolute atomic E-state index is 10.7.